The van der Waals surface area contributed by atoms with Crippen molar-refractivity contribution in [1.29, 1.82) is 0 Å². The minimum atomic E-state index is -0.540. The molecule has 3 rings (SSSR count). The van der Waals surface area contributed by atoms with Crippen LogP contribution in [0.2, 0.25) is 5.02 Å². The monoisotopic (exact) mass is 358 g/mol. The van der Waals surface area contributed by atoms with Gasteiger partial charge >= 0.3 is 5.97 Å². The van der Waals surface area contributed by atoms with Gasteiger partial charge in [-0.1, -0.05) is 11.6 Å². The van der Waals surface area contributed by atoms with Crippen LogP contribution in [0.5, 0.6) is 17.2 Å². The Morgan fingerprint density at radius 1 is 1.12 bits per heavy atom. The maximum absolute atomic E-state index is 11.9. The van der Waals surface area contributed by atoms with Crippen LogP contribution < -0.4 is 14.2 Å². The van der Waals surface area contributed by atoms with Gasteiger partial charge in [-0.25, -0.2) is 4.79 Å². The SMILES string of the molecule is CC(=O)c1ccc(OC(=O)/C=C/c2cc(Cl)c3c(c2)OCCO3)cc1. The van der Waals surface area contributed by atoms with Gasteiger partial charge in [-0.2, -0.15) is 0 Å². The Balaban J connectivity index is 1.68. The fraction of sp³-hybridized carbons (Fsp3) is 0.158. The zero-order chi connectivity index (χ0) is 17.8. The summed E-state index contributed by atoms with van der Waals surface area (Å²) in [4.78, 5) is 23.1. The lowest BCUT2D eigenvalue weighted by atomic mass is 10.1. The van der Waals surface area contributed by atoms with Gasteiger partial charge in [-0.05, 0) is 55.0 Å². The van der Waals surface area contributed by atoms with Gasteiger partial charge in [0.1, 0.15) is 19.0 Å². The van der Waals surface area contributed by atoms with Crippen molar-refractivity contribution >= 4 is 29.4 Å². The van der Waals surface area contributed by atoms with Gasteiger partial charge in [0.15, 0.2) is 17.3 Å². The molecule has 5 nitrogen and oxygen atoms in total. The van der Waals surface area contributed by atoms with Crippen molar-refractivity contribution < 1.29 is 23.8 Å². The van der Waals surface area contributed by atoms with Crippen molar-refractivity contribution in [3.63, 3.8) is 0 Å². The molecule has 0 unspecified atom stereocenters. The lowest BCUT2D eigenvalue weighted by molar-refractivity contribution is -0.128. The molecule has 0 aromatic heterocycles. The van der Waals surface area contributed by atoms with E-state index in [-0.39, 0.29) is 5.78 Å². The number of fused-ring (bicyclic) bond motifs is 1. The van der Waals surface area contributed by atoms with Crippen molar-refractivity contribution in [2.24, 2.45) is 0 Å². The fourth-order valence-electron chi connectivity index (χ4n) is 2.30. The van der Waals surface area contributed by atoms with Crippen molar-refractivity contribution in [3.05, 3.63) is 58.6 Å². The second-order valence-electron chi connectivity index (χ2n) is 5.36. The second kappa shape index (κ2) is 7.40. The summed E-state index contributed by atoms with van der Waals surface area (Å²) in [6.07, 6.45) is 2.87. The maximum atomic E-state index is 11.9. The number of esters is 1. The van der Waals surface area contributed by atoms with Gasteiger partial charge < -0.3 is 14.2 Å². The highest BCUT2D eigenvalue weighted by molar-refractivity contribution is 6.32. The summed E-state index contributed by atoms with van der Waals surface area (Å²) in [5.74, 6) is 0.833. The van der Waals surface area contributed by atoms with Crippen LogP contribution in [-0.4, -0.2) is 25.0 Å². The third kappa shape index (κ3) is 4.19. The predicted molar refractivity (Wildman–Crippen MR) is 93.6 cm³/mol. The van der Waals surface area contributed by atoms with Crippen molar-refractivity contribution in [2.75, 3.05) is 13.2 Å². The van der Waals surface area contributed by atoms with Crippen LogP contribution in [0.25, 0.3) is 6.08 Å². The Kier molecular flexibility index (Phi) is 5.05. The quantitative estimate of drug-likeness (QED) is 0.358. The molecule has 0 fully saturated rings. The van der Waals surface area contributed by atoms with Gasteiger partial charge in [0, 0.05) is 11.6 Å². The zero-order valence-electron chi connectivity index (χ0n) is 13.5. The average Bonchev–Trinajstić information content (AvgIpc) is 2.60. The molecule has 0 saturated heterocycles. The number of halogens is 1. The normalized spacial score (nSPS) is 12.9. The number of Topliss-reactive ketones (excluding diaryl/α,β-unsaturated/α-hetero) is 1. The fourth-order valence-corrected chi connectivity index (χ4v) is 2.57. The van der Waals surface area contributed by atoms with E-state index in [0.717, 1.165) is 0 Å². The molecule has 2 aromatic rings. The molecule has 0 bridgehead atoms. The molecule has 1 aliphatic heterocycles. The first-order chi connectivity index (χ1) is 12.0. The van der Waals surface area contributed by atoms with E-state index in [9.17, 15) is 9.59 Å². The van der Waals surface area contributed by atoms with Crippen LogP contribution in [0, 0.1) is 0 Å². The number of rotatable bonds is 4. The molecule has 6 heteroatoms. The van der Waals surface area contributed by atoms with Crippen LogP contribution in [0.15, 0.2) is 42.5 Å². The molecule has 0 saturated carbocycles. The molecule has 25 heavy (non-hydrogen) atoms. The molecule has 128 valence electrons. The number of hydrogen-bond donors (Lipinski definition) is 0. The Labute approximate surface area is 149 Å². The number of hydrogen-bond acceptors (Lipinski definition) is 5. The summed E-state index contributed by atoms with van der Waals surface area (Å²) in [7, 11) is 0. The van der Waals surface area contributed by atoms with Gasteiger partial charge in [0.05, 0.1) is 5.02 Å². The molecule has 1 heterocycles. The smallest absolute Gasteiger partial charge is 0.336 e. The van der Waals surface area contributed by atoms with Gasteiger partial charge in [0.2, 0.25) is 0 Å². The minimum Gasteiger partial charge on any atom is -0.486 e. The van der Waals surface area contributed by atoms with Crippen molar-refractivity contribution in [1.82, 2.24) is 0 Å². The number of ketones is 1. The molecule has 0 atom stereocenters. The Bertz CT molecular complexity index is 840. The van der Waals surface area contributed by atoms with E-state index in [2.05, 4.69) is 0 Å². The van der Waals surface area contributed by atoms with Crippen molar-refractivity contribution in [2.45, 2.75) is 6.92 Å². The van der Waals surface area contributed by atoms with Crippen molar-refractivity contribution in [3.8, 4) is 17.2 Å². The molecule has 0 radical (unpaired) electrons. The van der Waals surface area contributed by atoms with E-state index in [4.69, 9.17) is 25.8 Å². The van der Waals surface area contributed by atoms with E-state index in [1.807, 2.05) is 0 Å². The Hall–Kier alpha value is -2.79. The van der Waals surface area contributed by atoms with Gasteiger partial charge in [-0.3, -0.25) is 4.79 Å². The van der Waals surface area contributed by atoms with E-state index >= 15 is 0 Å². The van der Waals surface area contributed by atoms with Crippen LogP contribution in [0.1, 0.15) is 22.8 Å². The number of carbonyl (C=O) groups excluding carboxylic acids is 2. The molecule has 0 aliphatic carbocycles. The summed E-state index contributed by atoms with van der Waals surface area (Å²) in [5, 5.41) is 0.421. The van der Waals surface area contributed by atoms with Crippen LogP contribution in [-0.2, 0) is 4.79 Å². The van der Waals surface area contributed by atoms with Gasteiger partial charge in [-0.15, -0.1) is 0 Å². The number of ether oxygens (including phenoxy) is 3. The van der Waals surface area contributed by atoms with E-state index in [1.54, 1.807) is 42.5 Å². The minimum absolute atomic E-state index is 0.0479. The standard InChI is InChI=1S/C19H15ClO5/c1-12(21)14-3-5-15(6-4-14)25-18(22)7-2-13-10-16(20)19-17(11-13)23-8-9-24-19/h2-7,10-11H,8-9H2,1H3/b7-2+. The third-order valence-electron chi connectivity index (χ3n) is 3.51. The lowest BCUT2D eigenvalue weighted by Gasteiger charge is -2.19. The largest absolute Gasteiger partial charge is 0.486 e. The molecule has 0 N–H and O–H groups in total. The molecular weight excluding hydrogens is 344 g/mol. The lowest BCUT2D eigenvalue weighted by Crippen LogP contribution is -2.15. The summed E-state index contributed by atoms with van der Waals surface area (Å²) in [6.45, 7) is 2.38. The molecule has 2 aromatic carbocycles. The van der Waals surface area contributed by atoms with E-state index < -0.39 is 5.97 Å². The Morgan fingerprint density at radius 2 is 1.84 bits per heavy atom. The summed E-state index contributed by atoms with van der Waals surface area (Å²) in [5.41, 5.74) is 1.25. The molecular formula is C19H15ClO5. The highest BCUT2D eigenvalue weighted by atomic mass is 35.5. The van der Waals surface area contributed by atoms with Crippen LogP contribution in [0.4, 0.5) is 0 Å². The molecule has 0 amide bonds. The second-order valence-corrected chi connectivity index (χ2v) is 5.77. The summed E-state index contributed by atoms with van der Waals surface area (Å²) >= 11 is 6.15. The first-order valence-corrected chi connectivity index (χ1v) is 8.01. The first-order valence-electron chi connectivity index (χ1n) is 7.63. The third-order valence-corrected chi connectivity index (χ3v) is 3.79. The molecule has 1 aliphatic rings. The average molecular weight is 359 g/mol. The molecule has 0 spiro atoms. The van der Waals surface area contributed by atoms with Crippen LogP contribution in [0.3, 0.4) is 0 Å². The Morgan fingerprint density at radius 3 is 2.56 bits per heavy atom. The zero-order valence-corrected chi connectivity index (χ0v) is 14.2. The first kappa shape index (κ1) is 17.0. The van der Waals surface area contributed by atoms with E-state index in [0.29, 0.717) is 46.6 Å². The highest BCUT2D eigenvalue weighted by Gasteiger charge is 2.16. The number of benzene rings is 2. The summed E-state index contributed by atoms with van der Waals surface area (Å²) in [6, 6.07) is 9.78. The predicted octanol–water partition coefficient (Wildman–Crippen LogP) is 3.93. The maximum Gasteiger partial charge on any atom is 0.336 e. The van der Waals surface area contributed by atoms with E-state index in [1.165, 1.54) is 13.0 Å². The van der Waals surface area contributed by atoms with Gasteiger partial charge in [0.25, 0.3) is 0 Å². The highest BCUT2D eigenvalue weighted by Crippen LogP contribution is 2.38. The summed E-state index contributed by atoms with van der Waals surface area (Å²) < 4.78 is 16.1. The topological polar surface area (TPSA) is 61.8 Å². The van der Waals surface area contributed by atoms with Crippen LogP contribution >= 0.6 is 11.6 Å². The number of carbonyl (C=O) groups is 2.